The van der Waals surface area contributed by atoms with Gasteiger partial charge in [-0.15, -0.1) is 0 Å². The largest absolute Gasteiger partial charge is 0.382 e. The first-order chi connectivity index (χ1) is 13.6. The van der Waals surface area contributed by atoms with Crippen LogP contribution in [0.4, 0.5) is 8.78 Å². The predicted octanol–water partition coefficient (Wildman–Crippen LogP) is 5.42. The molecule has 5 rings (SSSR count). The molecule has 5 heteroatoms. The number of hydrogen-bond donors (Lipinski definition) is 1. The minimum absolute atomic E-state index is 0.0171. The first kappa shape index (κ1) is 17.6. The number of hydrogen-bond acceptors (Lipinski definition) is 2. The number of imidazole rings is 1. The van der Waals surface area contributed by atoms with Gasteiger partial charge in [0.2, 0.25) is 0 Å². The second kappa shape index (κ2) is 6.82. The lowest BCUT2D eigenvalue weighted by Crippen LogP contribution is -2.14. The Labute approximate surface area is 162 Å². The third-order valence-corrected chi connectivity index (χ3v) is 6.13. The molecule has 1 N–H and O–H groups in total. The number of aromatic nitrogens is 2. The third-order valence-electron chi connectivity index (χ3n) is 6.13. The highest BCUT2D eigenvalue weighted by molar-refractivity contribution is 5.51. The predicted molar refractivity (Wildman–Crippen MR) is 103 cm³/mol. The summed E-state index contributed by atoms with van der Waals surface area (Å²) in [5, 5.41) is 11.2. The lowest BCUT2D eigenvalue weighted by atomic mass is 9.82. The van der Waals surface area contributed by atoms with E-state index in [1.165, 1.54) is 11.6 Å². The Bertz CT molecular complexity index is 1070. The molecule has 2 heterocycles. The van der Waals surface area contributed by atoms with E-state index in [9.17, 15) is 13.9 Å². The van der Waals surface area contributed by atoms with Gasteiger partial charge in [-0.05, 0) is 72.8 Å². The maximum Gasteiger partial charge on any atom is 0.129 e. The molecule has 2 aliphatic rings. The molecule has 0 bridgehead atoms. The maximum atomic E-state index is 14.1. The standard InChI is InChI=1S/C23H22F2N2O/c24-17-7-9-19(21(25)11-17)14-3-5-16(6-4-14)23(28)22-20(15-1-2-15)10-8-18-12-26-13-27(18)22/h5,7-15,23,28H,1-4,6H2/t14-,23+/m0/s1. The van der Waals surface area contributed by atoms with Crippen molar-refractivity contribution in [2.75, 3.05) is 0 Å². The first-order valence-electron chi connectivity index (χ1n) is 9.88. The van der Waals surface area contributed by atoms with Crippen molar-refractivity contribution in [3.05, 3.63) is 83.0 Å². The normalized spacial score (nSPS) is 21.0. The zero-order valence-electron chi connectivity index (χ0n) is 15.5. The summed E-state index contributed by atoms with van der Waals surface area (Å²) in [6.07, 6.45) is 9.31. The highest BCUT2D eigenvalue weighted by atomic mass is 19.1. The summed E-state index contributed by atoms with van der Waals surface area (Å²) in [7, 11) is 0. The van der Waals surface area contributed by atoms with Gasteiger partial charge in [-0.2, -0.15) is 0 Å². The van der Waals surface area contributed by atoms with Gasteiger partial charge in [-0.25, -0.2) is 13.8 Å². The molecule has 1 fully saturated rings. The Balaban J connectivity index is 1.45. The Morgan fingerprint density at radius 3 is 2.57 bits per heavy atom. The van der Waals surface area contributed by atoms with Crippen LogP contribution in [0.5, 0.6) is 0 Å². The molecular weight excluding hydrogens is 358 g/mol. The number of fused-ring (bicyclic) bond motifs is 1. The highest BCUT2D eigenvalue weighted by Crippen LogP contribution is 2.45. The molecule has 0 spiro atoms. The summed E-state index contributed by atoms with van der Waals surface area (Å²) in [6.45, 7) is 0. The van der Waals surface area contributed by atoms with Gasteiger partial charge in [0.05, 0.1) is 23.7 Å². The molecule has 0 unspecified atom stereocenters. The van der Waals surface area contributed by atoms with Gasteiger partial charge in [0.15, 0.2) is 0 Å². The number of rotatable bonds is 4. The number of aliphatic hydroxyl groups excluding tert-OH is 1. The SMILES string of the molecule is O[C@H](C1=CC[C@H](c2ccc(F)cc2F)CC1)c1c(C2CC2)ccc2cncn12. The number of pyridine rings is 1. The lowest BCUT2D eigenvalue weighted by molar-refractivity contribution is 0.199. The molecule has 144 valence electrons. The van der Waals surface area contributed by atoms with Crippen molar-refractivity contribution in [1.82, 2.24) is 9.38 Å². The van der Waals surface area contributed by atoms with Crippen molar-refractivity contribution in [2.45, 2.75) is 50.0 Å². The monoisotopic (exact) mass is 380 g/mol. The van der Waals surface area contributed by atoms with Gasteiger partial charge >= 0.3 is 0 Å². The van der Waals surface area contributed by atoms with E-state index >= 15 is 0 Å². The zero-order chi connectivity index (χ0) is 19.3. The molecule has 28 heavy (non-hydrogen) atoms. The molecule has 3 aromatic rings. The molecule has 0 saturated heterocycles. The Morgan fingerprint density at radius 2 is 1.86 bits per heavy atom. The Kier molecular flexibility index (Phi) is 4.27. The minimum Gasteiger partial charge on any atom is -0.382 e. The molecule has 2 atom stereocenters. The summed E-state index contributed by atoms with van der Waals surface area (Å²) in [4.78, 5) is 4.24. The van der Waals surface area contributed by atoms with Crippen molar-refractivity contribution in [1.29, 1.82) is 0 Å². The summed E-state index contributed by atoms with van der Waals surface area (Å²) in [6, 6.07) is 7.98. The van der Waals surface area contributed by atoms with Gasteiger partial charge in [0.25, 0.3) is 0 Å². The van der Waals surface area contributed by atoms with Gasteiger partial charge in [-0.1, -0.05) is 18.2 Å². The number of aliphatic hydroxyl groups is 1. The van der Waals surface area contributed by atoms with Crippen LogP contribution in [0, 0.1) is 11.6 Å². The summed E-state index contributed by atoms with van der Waals surface area (Å²) in [5.41, 5.74) is 4.62. The van der Waals surface area contributed by atoms with Crippen molar-refractivity contribution < 1.29 is 13.9 Å². The fraction of sp³-hybridized carbons (Fsp3) is 0.348. The smallest absolute Gasteiger partial charge is 0.129 e. The number of allylic oxidation sites excluding steroid dienone is 1. The van der Waals surface area contributed by atoms with Crippen LogP contribution < -0.4 is 0 Å². The van der Waals surface area contributed by atoms with Crippen LogP contribution in [0.3, 0.4) is 0 Å². The topological polar surface area (TPSA) is 37.5 Å². The van der Waals surface area contributed by atoms with Gasteiger partial charge in [0.1, 0.15) is 17.7 Å². The van der Waals surface area contributed by atoms with E-state index in [0.29, 0.717) is 24.3 Å². The molecule has 2 aliphatic carbocycles. The van der Waals surface area contributed by atoms with Crippen LogP contribution in [-0.2, 0) is 0 Å². The number of benzene rings is 1. The summed E-state index contributed by atoms with van der Waals surface area (Å²) >= 11 is 0. The number of halogens is 2. The van der Waals surface area contributed by atoms with Crippen molar-refractivity contribution in [3.63, 3.8) is 0 Å². The molecular formula is C23H22F2N2O. The lowest BCUT2D eigenvalue weighted by Gasteiger charge is -2.27. The fourth-order valence-electron chi connectivity index (χ4n) is 4.45. The second-order valence-electron chi connectivity index (χ2n) is 7.96. The molecule has 0 radical (unpaired) electrons. The van der Waals surface area contributed by atoms with E-state index in [4.69, 9.17) is 0 Å². The molecule has 1 aromatic carbocycles. The first-order valence-corrected chi connectivity index (χ1v) is 9.88. The van der Waals surface area contributed by atoms with Crippen LogP contribution >= 0.6 is 0 Å². The van der Waals surface area contributed by atoms with Crippen molar-refractivity contribution in [2.24, 2.45) is 0 Å². The van der Waals surface area contributed by atoms with Crippen LogP contribution in [0.15, 0.2) is 54.5 Å². The van der Waals surface area contributed by atoms with E-state index in [1.54, 1.807) is 18.6 Å². The average Bonchev–Trinajstić information content (AvgIpc) is 3.43. The van der Waals surface area contributed by atoms with E-state index in [0.717, 1.165) is 42.1 Å². The van der Waals surface area contributed by atoms with Gasteiger partial charge < -0.3 is 5.11 Å². The van der Waals surface area contributed by atoms with Crippen molar-refractivity contribution in [3.8, 4) is 0 Å². The molecule has 2 aromatic heterocycles. The second-order valence-corrected chi connectivity index (χ2v) is 7.96. The van der Waals surface area contributed by atoms with Crippen LogP contribution in [0.1, 0.15) is 66.9 Å². The zero-order valence-corrected chi connectivity index (χ0v) is 15.5. The number of nitrogens with zero attached hydrogens (tertiary/aromatic N) is 2. The van der Waals surface area contributed by atoms with Gasteiger partial charge in [0, 0.05) is 6.07 Å². The minimum atomic E-state index is -0.687. The average molecular weight is 380 g/mol. The van der Waals surface area contributed by atoms with E-state index in [1.807, 2.05) is 10.5 Å². The molecule has 1 saturated carbocycles. The van der Waals surface area contributed by atoms with Gasteiger partial charge in [-0.3, -0.25) is 4.40 Å². The maximum absolute atomic E-state index is 14.1. The van der Waals surface area contributed by atoms with Crippen LogP contribution in [0.25, 0.3) is 5.52 Å². The quantitative estimate of drug-likeness (QED) is 0.614. The Morgan fingerprint density at radius 1 is 1.04 bits per heavy atom. The third kappa shape index (κ3) is 3.04. The molecule has 0 amide bonds. The van der Waals surface area contributed by atoms with Crippen LogP contribution in [-0.4, -0.2) is 14.5 Å². The van der Waals surface area contributed by atoms with Crippen molar-refractivity contribution >= 4 is 5.52 Å². The fourth-order valence-corrected chi connectivity index (χ4v) is 4.45. The Hall–Kier alpha value is -2.53. The van der Waals surface area contributed by atoms with Crippen LogP contribution in [0.2, 0.25) is 0 Å². The van der Waals surface area contributed by atoms with E-state index < -0.39 is 17.7 Å². The summed E-state index contributed by atoms with van der Waals surface area (Å²) in [5.74, 6) is -0.503. The molecule has 0 aliphatic heterocycles. The van der Waals surface area contributed by atoms with E-state index in [-0.39, 0.29) is 5.92 Å². The molecule has 3 nitrogen and oxygen atoms in total. The highest BCUT2D eigenvalue weighted by Gasteiger charge is 2.31. The van der Waals surface area contributed by atoms with E-state index in [2.05, 4.69) is 17.1 Å². The summed E-state index contributed by atoms with van der Waals surface area (Å²) < 4.78 is 29.3.